The molecule has 0 aliphatic carbocycles. The van der Waals surface area contributed by atoms with Gasteiger partial charge in [0, 0.05) is 0 Å². The van der Waals surface area contributed by atoms with Crippen LogP contribution in [-0.4, -0.2) is 26.4 Å². The Morgan fingerprint density at radius 1 is 0.625 bits per heavy atom. The molecule has 0 N–H and O–H groups in total. The van der Waals surface area contributed by atoms with Crippen molar-refractivity contribution in [2.45, 2.75) is 52.0 Å². The standard InChI is InChI=1S/C28H33BO2Si/c1-27(2)28(3,4)31-29(30-27)25(22-16-10-7-11-17-22)26(23-18-12-8-13-19-23)32(5,6)24-20-14-9-15-21-24/h7-21H,1-6H3/b26-25-. The van der Waals surface area contributed by atoms with Gasteiger partial charge in [-0.15, -0.1) is 0 Å². The first-order valence-electron chi connectivity index (χ1n) is 11.4. The quantitative estimate of drug-likeness (QED) is 0.338. The first-order chi connectivity index (χ1) is 15.1. The molecule has 3 aromatic rings. The molecule has 0 spiro atoms. The van der Waals surface area contributed by atoms with E-state index < -0.39 is 26.4 Å². The van der Waals surface area contributed by atoms with E-state index in [0.29, 0.717) is 0 Å². The summed E-state index contributed by atoms with van der Waals surface area (Å²) in [5, 5.41) is 2.75. The number of benzene rings is 3. The molecule has 4 heteroatoms. The van der Waals surface area contributed by atoms with E-state index in [0.717, 1.165) is 11.0 Å². The summed E-state index contributed by atoms with van der Waals surface area (Å²) in [5.41, 5.74) is 2.73. The third-order valence-electron chi connectivity index (χ3n) is 7.03. The van der Waals surface area contributed by atoms with Crippen molar-refractivity contribution in [1.29, 1.82) is 0 Å². The lowest BCUT2D eigenvalue weighted by Crippen LogP contribution is -2.44. The molecule has 1 aliphatic heterocycles. The highest BCUT2D eigenvalue weighted by Gasteiger charge is 2.54. The van der Waals surface area contributed by atoms with Crippen molar-refractivity contribution in [1.82, 2.24) is 0 Å². The Bertz CT molecular complexity index is 1070. The van der Waals surface area contributed by atoms with Crippen molar-refractivity contribution in [3.05, 3.63) is 102 Å². The monoisotopic (exact) mass is 440 g/mol. The second-order valence-electron chi connectivity index (χ2n) is 10.1. The molecule has 2 nitrogen and oxygen atoms in total. The molecule has 164 valence electrons. The molecule has 32 heavy (non-hydrogen) atoms. The first kappa shape index (κ1) is 22.8. The zero-order valence-electron chi connectivity index (χ0n) is 20.1. The van der Waals surface area contributed by atoms with Crippen LogP contribution in [0.15, 0.2) is 91.0 Å². The average molecular weight is 440 g/mol. The highest BCUT2D eigenvalue weighted by atomic mass is 28.3. The Morgan fingerprint density at radius 2 is 1.03 bits per heavy atom. The first-order valence-corrected chi connectivity index (χ1v) is 14.4. The van der Waals surface area contributed by atoms with Gasteiger partial charge in [-0.3, -0.25) is 0 Å². The fraction of sp³-hybridized carbons (Fsp3) is 0.286. The molecule has 1 heterocycles. The van der Waals surface area contributed by atoms with Crippen LogP contribution in [0.25, 0.3) is 10.7 Å². The minimum Gasteiger partial charge on any atom is -0.399 e. The molecule has 0 amide bonds. The Balaban J connectivity index is 2.04. The van der Waals surface area contributed by atoms with Crippen molar-refractivity contribution in [2.24, 2.45) is 0 Å². The van der Waals surface area contributed by atoms with Crippen molar-refractivity contribution in [3.8, 4) is 0 Å². The molecule has 0 bridgehead atoms. The zero-order chi connectivity index (χ0) is 23.0. The van der Waals surface area contributed by atoms with Gasteiger partial charge in [0.1, 0.15) is 8.07 Å². The van der Waals surface area contributed by atoms with E-state index in [4.69, 9.17) is 9.31 Å². The Hall–Kier alpha value is -2.40. The van der Waals surface area contributed by atoms with Gasteiger partial charge >= 0.3 is 7.12 Å². The van der Waals surface area contributed by atoms with Gasteiger partial charge in [0.05, 0.1) is 11.2 Å². The molecule has 4 rings (SSSR count). The van der Waals surface area contributed by atoms with Crippen LogP contribution in [0.1, 0.15) is 38.8 Å². The van der Waals surface area contributed by atoms with E-state index in [9.17, 15) is 0 Å². The van der Waals surface area contributed by atoms with E-state index in [1.807, 2.05) is 0 Å². The summed E-state index contributed by atoms with van der Waals surface area (Å²) in [6.07, 6.45) is 0. The van der Waals surface area contributed by atoms with Crippen LogP contribution in [0.4, 0.5) is 0 Å². The predicted octanol–water partition coefficient (Wildman–Crippen LogP) is 6.38. The minimum atomic E-state index is -2.14. The SMILES string of the molecule is CC1(C)OB(/C(=C(/c2ccccc2)[Si](C)(C)c2ccccc2)c2ccccc2)OC1(C)C. The summed E-state index contributed by atoms with van der Waals surface area (Å²) in [4.78, 5) is 0. The maximum Gasteiger partial charge on any atom is 0.495 e. The van der Waals surface area contributed by atoms with Gasteiger partial charge in [0.25, 0.3) is 0 Å². The van der Waals surface area contributed by atoms with Crippen LogP contribution >= 0.6 is 0 Å². The minimum absolute atomic E-state index is 0.405. The molecule has 0 unspecified atom stereocenters. The third-order valence-corrected chi connectivity index (χ3v) is 10.6. The Kier molecular flexibility index (Phi) is 6.06. The van der Waals surface area contributed by atoms with E-state index in [2.05, 4.69) is 132 Å². The van der Waals surface area contributed by atoms with Gasteiger partial charge in [-0.05, 0) is 49.5 Å². The van der Waals surface area contributed by atoms with Crippen molar-refractivity contribution >= 4 is 31.0 Å². The lowest BCUT2D eigenvalue weighted by Gasteiger charge is -2.32. The summed E-state index contributed by atoms with van der Waals surface area (Å²) in [6, 6.07) is 32.3. The molecule has 3 aromatic carbocycles. The second-order valence-corrected chi connectivity index (χ2v) is 14.4. The van der Waals surface area contributed by atoms with Crippen molar-refractivity contribution in [3.63, 3.8) is 0 Å². The van der Waals surface area contributed by atoms with Crippen molar-refractivity contribution < 1.29 is 9.31 Å². The fourth-order valence-electron chi connectivity index (χ4n) is 4.43. The fourth-order valence-corrected chi connectivity index (χ4v) is 7.57. The van der Waals surface area contributed by atoms with Gasteiger partial charge in [0.2, 0.25) is 0 Å². The van der Waals surface area contributed by atoms with Crippen LogP contribution in [0.3, 0.4) is 0 Å². The van der Waals surface area contributed by atoms with Crippen LogP contribution in [0.5, 0.6) is 0 Å². The van der Waals surface area contributed by atoms with E-state index in [-0.39, 0.29) is 0 Å². The smallest absolute Gasteiger partial charge is 0.399 e. The van der Waals surface area contributed by atoms with E-state index in [1.54, 1.807) is 0 Å². The molecular formula is C28H33BO2Si. The highest BCUT2D eigenvalue weighted by Crippen LogP contribution is 2.44. The molecule has 0 atom stereocenters. The lowest BCUT2D eigenvalue weighted by molar-refractivity contribution is 0.00578. The lowest BCUT2D eigenvalue weighted by atomic mass is 9.73. The third kappa shape index (κ3) is 4.15. The maximum atomic E-state index is 6.66. The molecule has 1 aliphatic rings. The van der Waals surface area contributed by atoms with Crippen LogP contribution in [0, 0.1) is 0 Å². The Labute approximate surface area is 194 Å². The molecule has 1 saturated heterocycles. The highest BCUT2D eigenvalue weighted by molar-refractivity contribution is 7.07. The second kappa shape index (κ2) is 8.51. The maximum absolute atomic E-state index is 6.66. The number of hydrogen-bond acceptors (Lipinski definition) is 2. The van der Waals surface area contributed by atoms with Crippen LogP contribution in [-0.2, 0) is 9.31 Å². The van der Waals surface area contributed by atoms with Gasteiger partial charge < -0.3 is 9.31 Å². The summed E-state index contributed by atoms with van der Waals surface area (Å²) < 4.78 is 13.3. The summed E-state index contributed by atoms with van der Waals surface area (Å²) in [7, 11) is -2.57. The van der Waals surface area contributed by atoms with Crippen LogP contribution < -0.4 is 5.19 Å². The van der Waals surface area contributed by atoms with Gasteiger partial charge in [-0.25, -0.2) is 0 Å². The van der Waals surface area contributed by atoms with Gasteiger partial charge in [-0.2, -0.15) is 0 Å². The van der Waals surface area contributed by atoms with Crippen molar-refractivity contribution in [2.75, 3.05) is 0 Å². The largest absolute Gasteiger partial charge is 0.495 e. The van der Waals surface area contributed by atoms with Gasteiger partial charge in [-0.1, -0.05) is 109 Å². The van der Waals surface area contributed by atoms with E-state index >= 15 is 0 Å². The molecule has 0 radical (unpaired) electrons. The summed E-state index contributed by atoms with van der Waals surface area (Å²) in [6.45, 7) is 13.3. The average Bonchev–Trinajstić information content (AvgIpc) is 3.00. The van der Waals surface area contributed by atoms with E-state index in [1.165, 1.54) is 15.9 Å². The number of hydrogen-bond donors (Lipinski definition) is 0. The molecule has 0 aromatic heterocycles. The topological polar surface area (TPSA) is 18.5 Å². The number of rotatable bonds is 5. The van der Waals surface area contributed by atoms with Crippen LogP contribution in [0.2, 0.25) is 13.1 Å². The normalized spacial score (nSPS) is 18.4. The Morgan fingerprint density at radius 3 is 1.50 bits per heavy atom. The predicted molar refractivity (Wildman–Crippen MR) is 139 cm³/mol. The summed E-state index contributed by atoms with van der Waals surface area (Å²) >= 11 is 0. The molecule has 0 saturated carbocycles. The summed E-state index contributed by atoms with van der Waals surface area (Å²) in [5.74, 6) is 0. The zero-order valence-corrected chi connectivity index (χ0v) is 21.1. The molecule has 1 fully saturated rings. The van der Waals surface area contributed by atoms with Gasteiger partial charge in [0.15, 0.2) is 0 Å². The molecular weight excluding hydrogens is 407 g/mol.